The Morgan fingerprint density at radius 2 is 1.84 bits per heavy atom. The largest absolute Gasteiger partial charge is 0.336 e. The van der Waals surface area contributed by atoms with Crippen molar-refractivity contribution in [2.75, 3.05) is 39.3 Å². The number of benzene rings is 1. The summed E-state index contributed by atoms with van der Waals surface area (Å²) in [7, 11) is 0. The molecule has 0 radical (unpaired) electrons. The van der Waals surface area contributed by atoms with Gasteiger partial charge in [0.15, 0.2) is 0 Å². The Hall–Kier alpha value is -1.76. The third-order valence-electron chi connectivity index (χ3n) is 5.06. The Balaban J connectivity index is 1.42. The lowest BCUT2D eigenvalue weighted by Gasteiger charge is -2.32. The lowest BCUT2D eigenvalue weighted by atomic mass is 10.2. The van der Waals surface area contributed by atoms with Crippen LogP contribution in [-0.4, -0.2) is 61.0 Å². The van der Waals surface area contributed by atoms with Gasteiger partial charge in [-0.2, -0.15) is 0 Å². The molecule has 1 amide bonds. The number of carbonyl (C=O) groups is 1. The van der Waals surface area contributed by atoms with Gasteiger partial charge < -0.3 is 10.2 Å². The fraction of sp³-hybridized carbons (Fsp3) is 0.421. The maximum Gasteiger partial charge on any atom is 0.263 e. The lowest BCUT2D eigenvalue weighted by Crippen LogP contribution is -2.49. The van der Waals surface area contributed by atoms with Crippen molar-refractivity contribution in [2.24, 2.45) is 0 Å². The minimum absolute atomic E-state index is 0.121. The van der Waals surface area contributed by atoms with E-state index < -0.39 is 0 Å². The fourth-order valence-corrected chi connectivity index (χ4v) is 4.63. The minimum atomic E-state index is -0.243. The van der Waals surface area contributed by atoms with Crippen LogP contribution < -0.4 is 5.32 Å². The smallest absolute Gasteiger partial charge is 0.263 e. The molecular formula is C19H22FN3OS. The Kier molecular flexibility index (Phi) is 4.83. The summed E-state index contributed by atoms with van der Waals surface area (Å²) in [5.41, 5.74) is 0.950. The summed E-state index contributed by atoms with van der Waals surface area (Å²) in [6.45, 7) is 5.87. The van der Waals surface area contributed by atoms with E-state index in [0.29, 0.717) is 6.04 Å². The maximum atomic E-state index is 13.1. The highest BCUT2D eigenvalue weighted by molar-refractivity contribution is 7.17. The SMILES string of the molecule is O=C(c1ccc(-c2ccc(F)cc2)s1)N1CCC(N2CCNCC2)C1. The number of rotatable bonds is 3. The zero-order valence-corrected chi connectivity index (χ0v) is 14.9. The molecule has 2 aliphatic heterocycles. The standard InChI is InChI=1S/C19H22FN3OS/c20-15-3-1-14(2-4-15)17-5-6-18(25-17)19(24)23-10-7-16(13-23)22-11-8-21-9-12-22/h1-6,16,21H,7-13H2. The number of likely N-dealkylation sites (tertiary alicyclic amines) is 1. The first-order valence-electron chi connectivity index (χ1n) is 8.80. The molecule has 25 heavy (non-hydrogen) atoms. The van der Waals surface area contributed by atoms with E-state index in [4.69, 9.17) is 0 Å². The molecule has 6 heteroatoms. The highest BCUT2D eigenvalue weighted by Crippen LogP contribution is 2.30. The molecular weight excluding hydrogens is 337 g/mol. The number of nitrogens with zero attached hydrogens (tertiary/aromatic N) is 2. The summed E-state index contributed by atoms with van der Waals surface area (Å²) < 4.78 is 13.1. The molecule has 1 aromatic carbocycles. The highest BCUT2D eigenvalue weighted by atomic mass is 32.1. The van der Waals surface area contributed by atoms with Crippen LogP contribution in [0.1, 0.15) is 16.1 Å². The summed E-state index contributed by atoms with van der Waals surface area (Å²) in [6.07, 6.45) is 1.06. The molecule has 2 fully saturated rings. The van der Waals surface area contributed by atoms with E-state index in [1.807, 2.05) is 17.0 Å². The average molecular weight is 359 g/mol. The quantitative estimate of drug-likeness (QED) is 0.915. The molecule has 4 rings (SSSR count). The molecule has 0 aliphatic carbocycles. The van der Waals surface area contributed by atoms with Gasteiger partial charge in [-0.1, -0.05) is 12.1 Å². The molecule has 4 nitrogen and oxygen atoms in total. The number of hydrogen-bond acceptors (Lipinski definition) is 4. The number of carbonyl (C=O) groups excluding carboxylic acids is 1. The number of piperazine rings is 1. The van der Waals surface area contributed by atoms with Crippen LogP contribution in [0.25, 0.3) is 10.4 Å². The fourth-order valence-electron chi connectivity index (χ4n) is 3.65. The monoisotopic (exact) mass is 359 g/mol. The van der Waals surface area contributed by atoms with Crippen molar-refractivity contribution >= 4 is 17.2 Å². The van der Waals surface area contributed by atoms with Crippen molar-refractivity contribution in [3.8, 4) is 10.4 Å². The molecule has 0 bridgehead atoms. The zero-order valence-electron chi connectivity index (χ0n) is 14.1. The summed E-state index contributed by atoms with van der Waals surface area (Å²) in [5.74, 6) is -0.122. The van der Waals surface area contributed by atoms with E-state index in [9.17, 15) is 9.18 Å². The van der Waals surface area contributed by atoms with Crippen LogP contribution in [0, 0.1) is 5.82 Å². The topological polar surface area (TPSA) is 35.6 Å². The molecule has 0 spiro atoms. The van der Waals surface area contributed by atoms with E-state index in [1.54, 1.807) is 12.1 Å². The molecule has 1 N–H and O–H groups in total. The Morgan fingerprint density at radius 3 is 2.60 bits per heavy atom. The van der Waals surface area contributed by atoms with Crippen molar-refractivity contribution < 1.29 is 9.18 Å². The van der Waals surface area contributed by atoms with Crippen LogP contribution in [-0.2, 0) is 0 Å². The summed E-state index contributed by atoms with van der Waals surface area (Å²) in [6, 6.07) is 10.8. The number of thiophene rings is 1. The van der Waals surface area contributed by atoms with Gasteiger partial charge in [0.05, 0.1) is 4.88 Å². The van der Waals surface area contributed by atoms with Crippen molar-refractivity contribution in [1.82, 2.24) is 15.1 Å². The third kappa shape index (κ3) is 3.61. The minimum Gasteiger partial charge on any atom is -0.336 e. The van der Waals surface area contributed by atoms with Crippen molar-refractivity contribution in [3.05, 3.63) is 47.1 Å². The molecule has 0 saturated carbocycles. The van der Waals surface area contributed by atoms with Crippen LogP contribution in [0.5, 0.6) is 0 Å². The number of hydrogen-bond donors (Lipinski definition) is 1. The van der Waals surface area contributed by atoms with Crippen LogP contribution >= 0.6 is 11.3 Å². The molecule has 1 aromatic heterocycles. The molecule has 2 saturated heterocycles. The van der Waals surface area contributed by atoms with Crippen molar-refractivity contribution in [2.45, 2.75) is 12.5 Å². The number of halogens is 1. The zero-order chi connectivity index (χ0) is 17.2. The van der Waals surface area contributed by atoms with Crippen LogP contribution in [0.4, 0.5) is 4.39 Å². The van der Waals surface area contributed by atoms with Gasteiger partial charge in [0.1, 0.15) is 5.82 Å². The maximum absolute atomic E-state index is 13.1. The molecule has 3 heterocycles. The Labute approximate surface area is 151 Å². The van der Waals surface area contributed by atoms with Crippen molar-refractivity contribution in [3.63, 3.8) is 0 Å². The van der Waals surface area contributed by atoms with Gasteiger partial charge in [0.25, 0.3) is 5.91 Å². The predicted molar refractivity (Wildman–Crippen MR) is 98.5 cm³/mol. The number of nitrogens with one attached hydrogen (secondary N) is 1. The third-order valence-corrected chi connectivity index (χ3v) is 6.19. The first-order valence-corrected chi connectivity index (χ1v) is 9.62. The van der Waals surface area contributed by atoms with Crippen LogP contribution in [0.3, 0.4) is 0 Å². The molecule has 1 atom stereocenters. The van der Waals surface area contributed by atoms with Gasteiger partial charge in [0, 0.05) is 50.2 Å². The predicted octanol–water partition coefficient (Wildman–Crippen LogP) is 2.67. The highest BCUT2D eigenvalue weighted by Gasteiger charge is 2.31. The molecule has 1 unspecified atom stereocenters. The van der Waals surface area contributed by atoms with E-state index in [2.05, 4.69) is 10.2 Å². The first kappa shape index (κ1) is 16.7. The van der Waals surface area contributed by atoms with Crippen LogP contribution in [0.2, 0.25) is 0 Å². The van der Waals surface area contributed by atoms with Gasteiger partial charge in [-0.25, -0.2) is 4.39 Å². The van der Waals surface area contributed by atoms with Gasteiger partial charge in [-0.15, -0.1) is 11.3 Å². The van der Waals surface area contributed by atoms with Gasteiger partial charge in [0.2, 0.25) is 0 Å². The first-order chi connectivity index (χ1) is 12.2. The van der Waals surface area contributed by atoms with E-state index in [1.165, 1.54) is 23.5 Å². The summed E-state index contributed by atoms with van der Waals surface area (Å²) >= 11 is 1.49. The second-order valence-electron chi connectivity index (χ2n) is 6.65. The van der Waals surface area contributed by atoms with Crippen molar-refractivity contribution in [1.29, 1.82) is 0 Å². The van der Waals surface area contributed by atoms with Crippen LogP contribution in [0.15, 0.2) is 36.4 Å². The normalized spacial score (nSPS) is 21.6. The molecule has 2 aromatic rings. The Bertz CT molecular complexity index is 739. The van der Waals surface area contributed by atoms with E-state index >= 15 is 0 Å². The van der Waals surface area contributed by atoms with Gasteiger partial charge in [-0.3, -0.25) is 9.69 Å². The molecule has 2 aliphatic rings. The van der Waals surface area contributed by atoms with Gasteiger partial charge >= 0.3 is 0 Å². The van der Waals surface area contributed by atoms with Gasteiger partial charge in [-0.05, 0) is 36.2 Å². The second kappa shape index (κ2) is 7.23. The summed E-state index contributed by atoms with van der Waals surface area (Å²) in [4.78, 5) is 19.1. The second-order valence-corrected chi connectivity index (χ2v) is 7.73. The molecule has 132 valence electrons. The Morgan fingerprint density at radius 1 is 1.08 bits per heavy atom. The average Bonchev–Trinajstić information content (AvgIpc) is 3.33. The lowest BCUT2D eigenvalue weighted by molar-refractivity contribution is 0.0778. The number of amides is 1. The summed E-state index contributed by atoms with van der Waals surface area (Å²) in [5, 5.41) is 3.38. The van der Waals surface area contributed by atoms with E-state index in [-0.39, 0.29) is 11.7 Å². The van der Waals surface area contributed by atoms with E-state index in [0.717, 1.165) is 61.0 Å².